The molecule has 0 bridgehead atoms. The molecule has 11 heteroatoms. The number of amides is 1. The number of hydrogen-bond donors (Lipinski definition) is 1. The number of para-hydroxylation sites is 1. The molecule has 1 N–H and O–H groups in total. The fourth-order valence-corrected chi connectivity index (χ4v) is 5.47. The highest BCUT2D eigenvalue weighted by molar-refractivity contribution is 7.92. The first-order valence-electron chi connectivity index (χ1n) is 11.9. The van der Waals surface area contributed by atoms with E-state index in [1.807, 2.05) is 30.3 Å². The van der Waals surface area contributed by atoms with Gasteiger partial charge in [-0.3, -0.25) is 9.10 Å². The molecule has 0 fully saturated rings. The van der Waals surface area contributed by atoms with Gasteiger partial charge in [-0.1, -0.05) is 54.6 Å². The summed E-state index contributed by atoms with van der Waals surface area (Å²) in [5, 5.41) is 2.71. The van der Waals surface area contributed by atoms with Gasteiger partial charge in [0, 0.05) is 17.3 Å². The number of nitrogens with one attached hydrogen (secondary N) is 1. The van der Waals surface area contributed by atoms with E-state index in [9.17, 15) is 26.4 Å². The summed E-state index contributed by atoms with van der Waals surface area (Å²) in [7, 11) is -1.86. The third-order valence-electron chi connectivity index (χ3n) is 5.98. The largest absolute Gasteiger partial charge is 0.493 e. The Morgan fingerprint density at radius 3 is 2.17 bits per heavy atom. The van der Waals surface area contributed by atoms with Gasteiger partial charge in [-0.2, -0.15) is 13.2 Å². The van der Waals surface area contributed by atoms with Gasteiger partial charge in [0.1, 0.15) is 6.54 Å². The first-order chi connectivity index (χ1) is 19.0. The summed E-state index contributed by atoms with van der Waals surface area (Å²) in [6, 6.07) is 23.7. The van der Waals surface area contributed by atoms with Gasteiger partial charge in [-0.05, 0) is 42.0 Å². The van der Waals surface area contributed by atoms with Gasteiger partial charge >= 0.3 is 6.18 Å². The second-order valence-corrected chi connectivity index (χ2v) is 10.4. The minimum absolute atomic E-state index is 0.0915. The molecule has 4 aromatic carbocycles. The molecule has 40 heavy (non-hydrogen) atoms. The van der Waals surface area contributed by atoms with E-state index in [0.717, 1.165) is 17.7 Å². The molecule has 4 rings (SSSR count). The SMILES string of the molecule is COc1ccc(S(=O)(=O)N(CC(=O)Nc2ccccc2-c2ccccc2)c2cccc(C(F)(F)F)c2)cc1OC. The standard InChI is InChI=1S/C29H25F3N2O5S/c1-38-26-16-15-23(18-27(26)39-2)40(36,37)34(22-12-8-11-21(17-22)29(30,31)32)19-28(35)33-25-14-7-6-13-24(25)20-9-4-3-5-10-20/h3-18H,19H2,1-2H3,(H,33,35). The van der Waals surface area contributed by atoms with E-state index in [1.54, 1.807) is 24.3 Å². The molecule has 0 aromatic heterocycles. The van der Waals surface area contributed by atoms with Crippen LogP contribution in [0, 0.1) is 0 Å². The summed E-state index contributed by atoms with van der Waals surface area (Å²) in [4.78, 5) is 13.0. The Balaban J connectivity index is 1.75. The summed E-state index contributed by atoms with van der Waals surface area (Å²) >= 11 is 0. The van der Waals surface area contributed by atoms with Gasteiger partial charge in [-0.15, -0.1) is 0 Å². The topological polar surface area (TPSA) is 84.9 Å². The molecule has 0 atom stereocenters. The zero-order valence-electron chi connectivity index (χ0n) is 21.5. The van der Waals surface area contributed by atoms with Crippen molar-refractivity contribution in [1.82, 2.24) is 0 Å². The summed E-state index contributed by atoms with van der Waals surface area (Å²) < 4.78 is 79.1. The van der Waals surface area contributed by atoms with Crippen LogP contribution in [-0.2, 0) is 21.0 Å². The molecule has 0 heterocycles. The Morgan fingerprint density at radius 1 is 0.825 bits per heavy atom. The quantitative estimate of drug-likeness (QED) is 0.258. The van der Waals surface area contributed by atoms with Crippen molar-refractivity contribution < 1.29 is 35.9 Å². The van der Waals surface area contributed by atoms with Crippen molar-refractivity contribution in [2.24, 2.45) is 0 Å². The van der Waals surface area contributed by atoms with E-state index in [0.29, 0.717) is 21.6 Å². The Bertz CT molecular complexity index is 1610. The lowest BCUT2D eigenvalue weighted by Gasteiger charge is -2.25. The van der Waals surface area contributed by atoms with Crippen LogP contribution in [0.4, 0.5) is 24.5 Å². The van der Waals surface area contributed by atoms with Crippen molar-refractivity contribution in [2.75, 3.05) is 30.4 Å². The first kappa shape index (κ1) is 28.5. The zero-order valence-corrected chi connectivity index (χ0v) is 22.3. The molecule has 0 radical (unpaired) electrons. The van der Waals surface area contributed by atoms with E-state index in [1.165, 1.54) is 38.5 Å². The van der Waals surface area contributed by atoms with Crippen LogP contribution in [0.5, 0.6) is 11.5 Å². The molecule has 1 amide bonds. The van der Waals surface area contributed by atoms with E-state index < -0.39 is 34.2 Å². The highest BCUT2D eigenvalue weighted by atomic mass is 32.2. The average Bonchev–Trinajstić information content (AvgIpc) is 2.95. The number of carbonyl (C=O) groups excluding carboxylic acids is 1. The molecule has 4 aromatic rings. The Kier molecular flexibility index (Phi) is 8.34. The lowest BCUT2D eigenvalue weighted by molar-refractivity contribution is -0.137. The van der Waals surface area contributed by atoms with Crippen LogP contribution in [0.25, 0.3) is 11.1 Å². The zero-order chi connectivity index (χ0) is 28.9. The molecule has 7 nitrogen and oxygen atoms in total. The van der Waals surface area contributed by atoms with Crippen molar-refractivity contribution in [3.05, 3.63) is 103 Å². The van der Waals surface area contributed by atoms with E-state index in [-0.39, 0.29) is 22.1 Å². The van der Waals surface area contributed by atoms with Crippen molar-refractivity contribution >= 4 is 27.3 Å². The van der Waals surface area contributed by atoms with Crippen LogP contribution >= 0.6 is 0 Å². The maximum atomic E-state index is 13.8. The first-order valence-corrected chi connectivity index (χ1v) is 13.3. The van der Waals surface area contributed by atoms with Crippen LogP contribution in [0.2, 0.25) is 0 Å². The smallest absolute Gasteiger partial charge is 0.416 e. The van der Waals surface area contributed by atoms with Gasteiger partial charge in [0.15, 0.2) is 11.5 Å². The van der Waals surface area contributed by atoms with Crippen molar-refractivity contribution in [1.29, 1.82) is 0 Å². The monoisotopic (exact) mass is 570 g/mol. The number of sulfonamides is 1. The molecule has 0 spiro atoms. The van der Waals surface area contributed by atoms with Gasteiger partial charge in [0.2, 0.25) is 5.91 Å². The molecule has 0 saturated carbocycles. The summed E-state index contributed by atoms with van der Waals surface area (Å²) in [6.07, 6.45) is -4.73. The number of halogens is 3. The molecular weight excluding hydrogens is 545 g/mol. The normalized spacial score (nSPS) is 11.5. The lowest BCUT2D eigenvalue weighted by atomic mass is 10.0. The third-order valence-corrected chi connectivity index (χ3v) is 7.75. The second-order valence-electron chi connectivity index (χ2n) is 8.54. The van der Waals surface area contributed by atoms with Gasteiger partial charge in [0.25, 0.3) is 10.0 Å². The second kappa shape index (κ2) is 11.7. The van der Waals surface area contributed by atoms with E-state index in [4.69, 9.17) is 9.47 Å². The third kappa shape index (κ3) is 6.20. The fourth-order valence-electron chi connectivity index (χ4n) is 4.04. The number of hydrogen-bond acceptors (Lipinski definition) is 5. The lowest BCUT2D eigenvalue weighted by Crippen LogP contribution is -2.38. The van der Waals surface area contributed by atoms with Crippen molar-refractivity contribution in [3.63, 3.8) is 0 Å². The summed E-state index contributed by atoms with van der Waals surface area (Å²) in [5.74, 6) is -0.416. The Hall–Kier alpha value is -4.51. The van der Waals surface area contributed by atoms with Crippen LogP contribution in [0.15, 0.2) is 102 Å². The van der Waals surface area contributed by atoms with Gasteiger partial charge in [0.05, 0.1) is 30.4 Å². The van der Waals surface area contributed by atoms with Crippen molar-refractivity contribution in [3.8, 4) is 22.6 Å². The minimum atomic E-state index is -4.73. The molecule has 0 saturated heterocycles. The maximum Gasteiger partial charge on any atom is 0.416 e. The Labute approximate surface area is 229 Å². The number of carbonyl (C=O) groups is 1. The number of nitrogens with zero attached hydrogens (tertiary/aromatic N) is 1. The van der Waals surface area contributed by atoms with E-state index >= 15 is 0 Å². The van der Waals surface area contributed by atoms with Crippen LogP contribution in [-0.4, -0.2) is 35.1 Å². The molecule has 0 aliphatic carbocycles. The van der Waals surface area contributed by atoms with E-state index in [2.05, 4.69) is 5.32 Å². The molecule has 208 valence electrons. The summed E-state index contributed by atoms with van der Waals surface area (Å²) in [5.41, 5.74) is 0.505. The maximum absolute atomic E-state index is 13.8. The summed E-state index contributed by atoms with van der Waals surface area (Å²) in [6.45, 7) is -0.804. The Morgan fingerprint density at radius 2 is 1.50 bits per heavy atom. The van der Waals surface area contributed by atoms with Crippen molar-refractivity contribution in [2.45, 2.75) is 11.1 Å². The fraction of sp³-hybridized carbons (Fsp3) is 0.138. The number of benzene rings is 4. The molecular formula is C29H25F3N2O5S. The number of alkyl halides is 3. The minimum Gasteiger partial charge on any atom is -0.493 e. The average molecular weight is 571 g/mol. The number of methoxy groups -OCH3 is 2. The van der Waals surface area contributed by atoms with Crippen LogP contribution in [0.1, 0.15) is 5.56 Å². The van der Waals surface area contributed by atoms with Gasteiger partial charge < -0.3 is 14.8 Å². The van der Waals surface area contributed by atoms with Crippen LogP contribution in [0.3, 0.4) is 0 Å². The number of anilines is 2. The predicted octanol–water partition coefficient (Wildman–Crippen LogP) is 6.22. The number of rotatable bonds is 9. The highest BCUT2D eigenvalue weighted by Crippen LogP contribution is 2.35. The molecule has 0 aliphatic rings. The highest BCUT2D eigenvalue weighted by Gasteiger charge is 2.33. The molecule has 0 unspecified atom stereocenters. The molecule has 0 aliphatic heterocycles. The van der Waals surface area contributed by atoms with Crippen LogP contribution < -0.4 is 19.1 Å². The predicted molar refractivity (Wildman–Crippen MR) is 146 cm³/mol. The number of ether oxygens (including phenoxy) is 2. The van der Waals surface area contributed by atoms with Gasteiger partial charge in [-0.25, -0.2) is 8.42 Å².